The molecular formula is C10H8Br2FNO2. The van der Waals surface area contributed by atoms with Crippen molar-refractivity contribution in [3.8, 4) is 5.75 Å². The Morgan fingerprint density at radius 1 is 1.50 bits per heavy atom. The number of carbonyl (C=O) groups excluding carboxylic acids is 1. The molecule has 1 amide bonds. The summed E-state index contributed by atoms with van der Waals surface area (Å²) in [6, 6.07) is 2.69. The van der Waals surface area contributed by atoms with Gasteiger partial charge in [0.1, 0.15) is 0 Å². The van der Waals surface area contributed by atoms with Crippen LogP contribution in [0.3, 0.4) is 0 Å². The molecule has 1 aromatic carbocycles. The second-order valence-corrected chi connectivity index (χ2v) is 5.77. The van der Waals surface area contributed by atoms with E-state index < -0.39 is 11.6 Å². The van der Waals surface area contributed by atoms with Crippen LogP contribution >= 0.6 is 31.9 Å². The van der Waals surface area contributed by atoms with Gasteiger partial charge in [-0.15, -0.1) is 0 Å². The standard InChI is InChI=1S/C10H8Br2FNO2/c11-5-1-7(13)10(16)8(2-5)14-4-6(12)3-9(14)15/h1-2,6,16H,3-4H2. The van der Waals surface area contributed by atoms with Gasteiger partial charge in [-0.25, -0.2) is 4.39 Å². The van der Waals surface area contributed by atoms with E-state index in [9.17, 15) is 14.3 Å². The molecule has 1 heterocycles. The minimum atomic E-state index is -0.741. The van der Waals surface area contributed by atoms with Gasteiger partial charge in [0.2, 0.25) is 5.91 Å². The average molecular weight is 353 g/mol. The highest BCUT2D eigenvalue weighted by Gasteiger charge is 2.31. The van der Waals surface area contributed by atoms with Crippen LogP contribution in [-0.2, 0) is 4.79 Å². The fraction of sp³-hybridized carbons (Fsp3) is 0.300. The van der Waals surface area contributed by atoms with Crippen molar-refractivity contribution in [3.05, 3.63) is 22.4 Å². The van der Waals surface area contributed by atoms with Gasteiger partial charge >= 0.3 is 0 Å². The highest BCUT2D eigenvalue weighted by molar-refractivity contribution is 9.10. The molecule has 1 N–H and O–H groups in total. The number of hydrogen-bond acceptors (Lipinski definition) is 2. The van der Waals surface area contributed by atoms with Crippen LogP contribution in [0.25, 0.3) is 0 Å². The van der Waals surface area contributed by atoms with Crippen LogP contribution in [0.2, 0.25) is 0 Å². The van der Waals surface area contributed by atoms with Crippen LogP contribution in [0.1, 0.15) is 6.42 Å². The number of rotatable bonds is 1. The van der Waals surface area contributed by atoms with Crippen molar-refractivity contribution >= 4 is 43.5 Å². The lowest BCUT2D eigenvalue weighted by atomic mass is 10.2. The third-order valence-corrected chi connectivity index (χ3v) is 3.45. The SMILES string of the molecule is O=C1CC(Br)CN1c1cc(Br)cc(F)c1O. The minimum Gasteiger partial charge on any atom is -0.503 e. The number of benzene rings is 1. The van der Waals surface area contributed by atoms with E-state index in [4.69, 9.17) is 0 Å². The first-order chi connectivity index (χ1) is 7.49. The van der Waals surface area contributed by atoms with E-state index >= 15 is 0 Å². The van der Waals surface area contributed by atoms with Gasteiger partial charge < -0.3 is 10.0 Å². The van der Waals surface area contributed by atoms with Crippen LogP contribution in [0, 0.1) is 5.82 Å². The molecule has 2 rings (SSSR count). The summed E-state index contributed by atoms with van der Waals surface area (Å²) in [6.45, 7) is 0.433. The summed E-state index contributed by atoms with van der Waals surface area (Å²) in [5.41, 5.74) is 0.207. The molecule has 0 bridgehead atoms. The quantitative estimate of drug-likeness (QED) is 0.789. The normalized spacial score (nSPS) is 20.6. The van der Waals surface area contributed by atoms with Gasteiger partial charge in [0.15, 0.2) is 11.6 Å². The second-order valence-electron chi connectivity index (χ2n) is 3.56. The number of amides is 1. The van der Waals surface area contributed by atoms with Gasteiger partial charge in [0, 0.05) is 22.3 Å². The van der Waals surface area contributed by atoms with Crippen LogP contribution in [0.5, 0.6) is 5.75 Å². The van der Waals surface area contributed by atoms with Crippen molar-refractivity contribution in [2.45, 2.75) is 11.2 Å². The van der Waals surface area contributed by atoms with Crippen LogP contribution in [0.4, 0.5) is 10.1 Å². The molecule has 1 aliphatic rings. The number of phenols is 1. The molecule has 3 nitrogen and oxygen atoms in total. The number of alkyl halides is 1. The summed E-state index contributed by atoms with van der Waals surface area (Å²) in [5.74, 6) is -1.36. The minimum absolute atomic E-state index is 0.0430. The van der Waals surface area contributed by atoms with Crippen molar-refractivity contribution in [2.75, 3.05) is 11.4 Å². The predicted octanol–water partition coefficient (Wildman–Crippen LogP) is 2.79. The molecule has 16 heavy (non-hydrogen) atoms. The Morgan fingerprint density at radius 2 is 2.19 bits per heavy atom. The lowest BCUT2D eigenvalue weighted by Gasteiger charge is -2.17. The summed E-state index contributed by atoms with van der Waals surface area (Å²) < 4.78 is 13.8. The van der Waals surface area contributed by atoms with Crippen LogP contribution in [0.15, 0.2) is 16.6 Å². The van der Waals surface area contributed by atoms with Crippen molar-refractivity contribution in [2.24, 2.45) is 0 Å². The predicted molar refractivity (Wildman–Crippen MR) is 65.4 cm³/mol. The van der Waals surface area contributed by atoms with E-state index in [0.29, 0.717) is 17.4 Å². The zero-order chi connectivity index (χ0) is 11.9. The highest BCUT2D eigenvalue weighted by atomic mass is 79.9. The van der Waals surface area contributed by atoms with Crippen molar-refractivity contribution in [1.29, 1.82) is 0 Å². The molecule has 86 valence electrons. The number of aromatic hydroxyl groups is 1. The molecule has 0 aliphatic carbocycles. The fourth-order valence-corrected chi connectivity index (χ4v) is 2.64. The number of hydrogen-bond donors (Lipinski definition) is 1. The maximum atomic E-state index is 13.3. The van der Waals surface area contributed by atoms with Gasteiger partial charge in [0.05, 0.1) is 5.69 Å². The van der Waals surface area contributed by atoms with Crippen molar-refractivity contribution < 1.29 is 14.3 Å². The van der Waals surface area contributed by atoms with Gasteiger partial charge in [-0.3, -0.25) is 4.79 Å². The summed E-state index contributed by atoms with van der Waals surface area (Å²) in [6.07, 6.45) is 0.355. The maximum absolute atomic E-state index is 13.3. The Bertz CT molecular complexity index is 453. The average Bonchev–Trinajstić information content (AvgIpc) is 2.51. The largest absolute Gasteiger partial charge is 0.503 e. The van der Waals surface area contributed by atoms with E-state index in [1.807, 2.05) is 0 Å². The van der Waals surface area contributed by atoms with E-state index in [1.165, 1.54) is 11.0 Å². The lowest BCUT2D eigenvalue weighted by Crippen LogP contribution is -2.24. The van der Waals surface area contributed by atoms with E-state index in [0.717, 1.165) is 6.07 Å². The molecule has 1 aromatic rings. The molecule has 1 fully saturated rings. The third kappa shape index (κ3) is 2.08. The second kappa shape index (κ2) is 4.33. The van der Waals surface area contributed by atoms with Crippen molar-refractivity contribution in [1.82, 2.24) is 0 Å². The van der Waals surface area contributed by atoms with Gasteiger partial charge in [-0.1, -0.05) is 31.9 Å². The first kappa shape index (κ1) is 11.9. The summed E-state index contributed by atoms with van der Waals surface area (Å²) >= 11 is 6.46. The molecule has 0 saturated carbocycles. The summed E-state index contributed by atoms with van der Waals surface area (Å²) in [5, 5.41) is 9.58. The first-order valence-electron chi connectivity index (χ1n) is 4.61. The number of halogens is 3. The molecule has 1 saturated heterocycles. The molecule has 6 heteroatoms. The van der Waals surface area contributed by atoms with E-state index in [1.54, 1.807) is 0 Å². The van der Waals surface area contributed by atoms with Crippen molar-refractivity contribution in [3.63, 3.8) is 0 Å². The molecule has 1 aliphatic heterocycles. The molecule has 1 atom stereocenters. The Kier molecular flexibility index (Phi) is 3.21. The Hall–Kier alpha value is -0.620. The summed E-state index contributed by atoms with van der Waals surface area (Å²) in [7, 11) is 0. The number of phenolic OH excluding ortho intramolecular Hbond substituents is 1. The molecule has 0 radical (unpaired) electrons. The van der Waals surface area contributed by atoms with E-state index in [2.05, 4.69) is 31.9 Å². The molecule has 1 unspecified atom stereocenters. The maximum Gasteiger partial charge on any atom is 0.228 e. The third-order valence-electron chi connectivity index (χ3n) is 2.38. The van der Waals surface area contributed by atoms with Gasteiger partial charge in [-0.2, -0.15) is 0 Å². The summed E-state index contributed by atoms with van der Waals surface area (Å²) in [4.78, 5) is 13.0. The molecular weight excluding hydrogens is 345 g/mol. The topological polar surface area (TPSA) is 40.5 Å². The zero-order valence-electron chi connectivity index (χ0n) is 8.08. The van der Waals surface area contributed by atoms with E-state index in [-0.39, 0.29) is 16.4 Å². The zero-order valence-corrected chi connectivity index (χ0v) is 11.3. The number of carbonyl (C=O) groups is 1. The van der Waals surface area contributed by atoms with Crippen LogP contribution < -0.4 is 4.90 Å². The highest BCUT2D eigenvalue weighted by Crippen LogP contribution is 2.36. The van der Waals surface area contributed by atoms with Gasteiger partial charge in [0.25, 0.3) is 0 Å². The number of anilines is 1. The Balaban J connectivity index is 2.44. The van der Waals surface area contributed by atoms with Gasteiger partial charge in [-0.05, 0) is 12.1 Å². The Morgan fingerprint density at radius 3 is 2.75 bits per heavy atom. The lowest BCUT2D eigenvalue weighted by molar-refractivity contribution is -0.117. The number of nitrogens with zero attached hydrogens (tertiary/aromatic N) is 1. The van der Waals surface area contributed by atoms with Crippen LogP contribution in [-0.4, -0.2) is 22.4 Å². The Labute approximate surface area is 109 Å². The monoisotopic (exact) mass is 351 g/mol. The molecule has 0 aromatic heterocycles. The molecule has 0 spiro atoms. The first-order valence-corrected chi connectivity index (χ1v) is 6.32. The smallest absolute Gasteiger partial charge is 0.228 e. The fourth-order valence-electron chi connectivity index (χ4n) is 1.65.